The van der Waals surface area contributed by atoms with Crippen LogP contribution in [-0.4, -0.2) is 16.0 Å². The lowest BCUT2D eigenvalue weighted by Crippen LogP contribution is -2.27. The van der Waals surface area contributed by atoms with Crippen LogP contribution in [-0.2, 0) is 11.2 Å². The lowest BCUT2D eigenvalue weighted by Gasteiger charge is -2.11. The monoisotopic (exact) mass is 367 g/mol. The van der Waals surface area contributed by atoms with Gasteiger partial charge in [0, 0.05) is 12.0 Å². The van der Waals surface area contributed by atoms with Gasteiger partial charge >= 0.3 is 0 Å². The van der Waals surface area contributed by atoms with E-state index in [0.29, 0.717) is 30.1 Å². The fourth-order valence-electron chi connectivity index (χ4n) is 2.88. The molecule has 0 saturated heterocycles. The van der Waals surface area contributed by atoms with Gasteiger partial charge in [-0.3, -0.25) is 4.79 Å². The Morgan fingerprint density at radius 2 is 1.93 bits per heavy atom. The Balaban J connectivity index is 1.57. The van der Waals surface area contributed by atoms with Crippen molar-refractivity contribution in [2.24, 2.45) is 0 Å². The number of aryl methyl sites for hydroxylation is 3. The molecule has 2 aromatic carbocycles. The molecule has 0 aliphatic carbocycles. The van der Waals surface area contributed by atoms with Crippen molar-refractivity contribution in [3.05, 3.63) is 70.9 Å². The summed E-state index contributed by atoms with van der Waals surface area (Å²) >= 11 is 0. The molecule has 6 heteroatoms. The van der Waals surface area contributed by atoms with Crippen LogP contribution in [0.4, 0.5) is 4.39 Å². The summed E-state index contributed by atoms with van der Waals surface area (Å²) in [5.74, 6) is 0.270. The van der Waals surface area contributed by atoms with Crippen LogP contribution in [0, 0.1) is 19.7 Å². The number of aromatic nitrogens is 2. The minimum Gasteiger partial charge on any atom is -0.345 e. The summed E-state index contributed by atoms with van der Waals surface area (Å²) in [7, 11) is 0. The van der Waals surface area contributed by atoms with Crippen LogP contribution in [0.1, 0.15) is 42.0 Å². The number of hydrogen-bond donors (Lipinski definition) is 1. The average Bonchev–Trinajstić information content (AvgIpc) is 3.12. The number of amides is 1. The summed E-state index contributed by atoms with van der Waals surface area (Å²) in [6.07, 6.45) is 1.06. The second-order valence-electron chi connectivity index (χ2n) is 6.68. The third-order valence-electron chi connectivity index (χ3n) is 4.41. The van der Waals surface area contributed by atoms with Crippen molar-refractivity contribution in [3.8, 4) is 11.4 Å². The molecule has 0 saturated carbocycles. The number of nitrogens with zero attached hydrogens (tertiary/aromatic N) is 2. The van der Waals surface area contributed by atoms with Crippen molar-refractivity contribution in [2.75, 3.05) is 0 Å². The third-order valence-corrected chi connectivity index (χ3v) is 4.41. The molecule has 0 spiro atoms. The smallest absolute Gasteiger partial charge is 0.249 e. The number of nitrogens with one attached hydrogen (secondary N) is 1. The van der Waals surface area contributed by atoms with Gasteiger partial charge in [0.05, 0.1) is 0 Å². The van der Waals surface area contributed by atoms with Crippen molar-refractivity contribution in [1.82, 2.24) is 15.5 Å². The number of halogens is 1. The first kappa shape index (κ1) is 18.8. The topological polar surface area (TPSA) is 68.0 Å². The van der Waals surface area contributed by atoms with Gasteiger partial charge in [-0.1, -0.05) is 28.9 Å². The third kappa shape index (κ3) is 4.78. The number of carbonyl (C=O) groups is 1. The van der Waals surface area contributed by atoms with Crippen LogP contribution in [0.15, 0.2) is 47.0 Å². The Morgan fingerprint density at radius 1 is 1.19 bits per heavy atom. The van der Waals surface area contributed by atoms with E-state index in [0.717, 1.165) is 0 Å². The highest BCUT2D eigenvalue weighted by molar-refractivity contribution is 5.76. The summed E-state index contributed by atoms with van der Waals surface area (Å²) in [5, 5.41) is 6.77. The first-order chi connectivity index (χ1) is 12.9. The SMILES string of the molecule is Cc1ccc(CCC(=O)NC(C)c2nc(-c3ccc(F)cc3)no2)c(C)c1. The highest BCUT2D eigenvalue weighted by Crippen LogP contribution is 2.19. The Morgan fingerprint density at radius 3 is 2.63 bits per heavy atom. The maximum Gasteiger partial charge on any atom is 0.249 e. The van der Waals surface area contributed by atoms with Gasteiger partial charge in [-0.25, -0.2) is 4.39 Å². The van der Waals surface area contributed by atoms with Crippen LogP contribution in [0.3, 0.4) is 0 Å². The first-order valence-corrected chi connectivity index (χ1v) is 8.87. The second-order valence-corrected chi connectivity index (χ2v) is 6.68. The predicted octanol–water partition coefficient (Wildman–Crippen LogP) is 4.30. The summed E-state index contributed by atoms with van der Waals surface area (Å²) in [6.45, 7) is 5.89. The minimum absolute atomic E-state index is 0.0796. The minimum atomic E-state index is -0.404. The quantitative estimate of drug-likeness (QED) is 0.705. The molecule has 1 heterocycles. The molecular weight excluding hydrogens is 345 g/mol. The molecule has 140 valence electrons. The Hall–Kier alpha value is -3.02. The largest absolute Gasteiger partial charge is 0.345 e. The van der Waals surface area contributed by atoms with E-state index in [-0.39, 0.29) is 11.7 Å². The molecule has 1 aromatic heterocycles. The maximum atomic E-state index is 13.0. The Labute approximate surface area is 157 Å². The molecule has 5 nitrogen and oxygen atoms in total. The van der Waals surface area contributed by atoms with Crippen molar-refractivity contribution in [2.45, 2.75) is 39.7 Å². The van der Waals surface area contributed by atoms with Crippen molar-refractivity contribution >= 4 is 5.91 Å². The molecule has 0 bridgehead atoms. The van der Waals surface area contributed by atoms with E-state index < -0.39 is 6.04 Å². The number of rotatable bonds is 6. The summed E-state index contributed by atoms with van der Waals surface area (Å²) in [6, 6.07) is 11.7. The van der Waals surface area contributed by atoms with Gasteiger partial charge < -0.3 is 9.84 Å². The fourth-order valence-corrected chi connectivity index (χ4v) is 2.88. The van der Waals surface area contributed by atoms with E-state index in [4.69, 9.17) is 4.52 Å². The molecule has 1 amide bonds. The number of hydrogen-bond acceptors (Lipinski definition) is 4. The summed E-state index contributed by atoms with van der Waals surface area (Å²) in [5.41, 5.74) is 4.22. The predicted molar refractivity (Wildman–Crippen MR) is 100 cm³/mol. The highest BCUT2D eigenvalue weighted by atomic mass is 19.1. The number of benzene rings is 2. The van der Waals surface area contributed by atoms with E-state index in [1.165, 1.54) is 28.8 Å². The molecule has 3 aromatic rings. The normalized spacial score (nSPS) is 12.0. The van der Waals surface area contributed by atoms with Crippen LogP contribution in [0.2, 0.25) is 0 Å². The molecule has 3 rings (SSSR count). The zero-order valence-electron chi connectivity index (χ0n) is 15.6. The van der Waals surface area contributed by atoms with Crippen LogP contribution < -0.4 is 5.32 Å². The van der Waals surface area contributed by atoms with E-state index >= 15 is 0 Å². The molecule has 1 unspecified atom stereocenters. The van der Waals surface area contributed by atoms with Crippen molar-refractivity contribution in [1.29, 1.82) is 0 Å². The molecule has 1 N–H and O–H groups in total. The lowest BCUT2D eigenvalue weighted by atomic mass is 10.0. The Kier molecular flexibility index (Phi) is 5.64. The standard InChI is InChI=1S/C21H22FN3O2/c1-13-4-5-16(14(2)12-13)8-11-19(26)23-15(3)21-24-20(25-27-21)17-6-9-18(22)10-7-17/h4-7,9-10,12,15H,8,11H2,1-3H3,(H,23,26). The Bertz CT molecular complexity index is 935. The molecule has 0 aliphatic rings. The van der Waals surface area contributed by atoms with E-state index in [2.05, 4.69) is 47.5 Å². The first-order valence-electron chi connectivity index (χ1n) is 8.87. The zero-order chi connectivity index (χ0) is 19.4. The molecule has 0 aliphatic heterocycles. The van der Waals surface area contributed by atoms with Gasteiger partial charge in [-0.05, 0) is 62.6 Å². The van der Waals surface area contributed by atoms with Crippen LogP contribution >= 0.6 is 0 Å². The average molecular weight is 367 g/mol. The molecule has 27 heavy (non-hydrogen) atoms. The van der Waals surface area contributed by atoms with Gasteiger partial charge in [-0.15, -0.1) is 0 Å². The van der Waals surface area contributed by atoms with Crippen molar-refractivity contribution in [3.63, 3.8) is 0 Å². The van der Waals surface area contributed by atoms with E-state index in [1.807, 2.05) is 0 Å². The number of carbonyl (C=O) groups excluding carboxylic acids is 1. The molecule has 0 radical (unpaired) electrons. The van der Waals surface area contributed by atoms with Gasteiger partial charge in [0.15, 0.2) is 0 Å². The summed E-state index contributed by atoms with van der Waals surface area (Å²) < 4.78 is 18.2. The highest BCUT2D eigenvalue weighted by Gasteiger charge is 2.17. The molecule has 0 fully saturated rings. The molecular formula is C21H22FN3O2. The maximum absolute atomic E-state index is 13.0. The van der Waals surface area contributed by atoms with Gasteiger partial charge in [0.25, 0.3) is 0 Å². The van der Waals surface area contributed by atoms with Crippen molar-refractivity contribution < 1.29 is 13.7 Å². The second kappa shape index (κ2) is 8.12. The van der Waals surface area contributed by atoms with Crippen LogP contribution in [0.5, 0.6) is 0 Å². The van der Waals surface area contributed by atoms with Gasteiger partial charge in [0.1, 0.15) is 11.9 Å². The van der Waals surface area contributed by atoms with Crippen LogP contribution in [0.25, 0.3) is 11.4 Å². The molecule has 1 atom stereocenters. The van der Waals surface area contributed by atoms with E-state index in [9.17, 15) is 9.18 Å². The zero-order valence-corrected chi connectivity index (χ0v) is 15.6. The van der Waals surface area contributed by atoms with E-state index in [1.54, 1.807) is 19.1 Å². The van der Waals surface area contributed by atoms with Gasteiger partial charge in [0.2, 0.25) is 17.6 Å². The van der Waals surface area contributed by atoms with Gasteiger partial charge in [-0.2, -0.15) is 4.98 Å². The lowest BCUT2D eigenvalue weighted by molar-refractivity contribution is -0.121. The fraction of sp³-hybridized carbons (Fsp3) is 0.286. The summed E-state index contributed by atoms with van der Waals surface area (Å²) in [4.78, 5) is 16.5.